The molecule has 15 heavy (non-hydrogen) atoms. The van der Waals surface area contributed by atoms with Crippen molar-refractivity contribution in [1.29, 1.82) is 0 Å². The van der Waals surface area contributed by atoms with Gasteiger partial charge in [0, 0.05) is 16.8 Å². The van der Waals surface area contributed by atoms with Crippen LogP contribution in [0.2, 0.25) is 5.02 Å². The predicted molar refractivity (Wildman–Crippen MR) is 65.4 cm³/mol. The molecule has 84 valence electrons. The highest BCUT2D eigenvalue weighted by Gasteiger charge is 2.08. The molecule has 1 unspecified atom stereocenters. The minimum absolute atomic E-state index is 0.117. The second-order valence-electron chi connectivity index (χ2n) is 4.16. The molecule has 0 saturated carbocycles. The van der Waals surface area contributed by atoms with Crippen molar-refractivity contribution in [2.24, 2.45) is 5.92 Å². The lowest BCUT2D eigenvalue weighted by Crippen LogP contribution is -2.25. The summed E-state index contributed by atoms with van der Waals surface area (Å²) in [5.74, 6) is 0.571. The SMILES string of the molecule is CC(C)CC(CO)Nc1ccc(Cl)cc1. The van der Waals surface area contributed by atoms with Crippen molar-refractivity contribution >= 4 is 17.3 Å². The highest BCUT2D eigenvalue weighted by Crippen LogP contribution is 2.16. The second kappa shape index (κ2) is 5.99. The fourth-order valence-corrected chi connectivity index (χ4v) is 1.66. The van der Waals surface area contributed by atoms with Crippen LogP contribution in [-0.2, 0) is 0 Å². The van der Waals surface area contributed by atoms with Crippen LogP contribution in [0, 0.1) is 5.92 Å². The second-order valence-corrected chi connectivity index (χ2v) is 4.60. The molecule has 0 aliphatic carbocycles. The van der Waals surface area contributed by atoms with E-state index in [9.17, 15) is 5.11 Å². The number of aliphatic hydroxyl groups excluding tert-OH is 1. The first-order valence-corrected chi connectivity index (χ1v) is 5.62. The van der Waals surface area contributed by atoms with Crippen LogP contribution in [0.5, 0.6) is 0 Å². The maximum absolute atomic E-state index is 9.20. The Hall–Kier alpha value is -0.730. The molecule has 1 atom stereocenters. The van der Waals surface area contributed by atoms with Gasteiger partial charge in [0.2, 0.25) is 0 Å². The third kappa shape index (κ3) is 4.54. The number of nitrogens with one attached hydrogen (secondary N) is 1. The van der Waals surface area contributed by atoms with Crippen LogP contribution in [0.4, 0.5) is 5.69 Å². The van der Waals surface area contributed by atoms with Crippen molar-refractivity contribution in [3.05, 3.63) is 29.3 Å². The molecule has 1 aromatic carbocycles. The molecule has 0 bridgehead atoms. The summed E-state index contributed by atoms with van der Waals surface area (Å²) in [6.07, 6.45) is 0.957. The maximum Gasteiger partial charge on any atom is 0.0632 e. The lowest BCUT2D eigenvalue weighted by atomic mass is 10.0. The number of hydrogen-bond acceptors (Lipinski definition) is 2. The molecular weight excluding hydrogens is 210 g/mol. The van der Waals surface area contributed by atoms with Gasteiger partial charge >= 0.3 is 0 Å². The zero-order valence-corrected chi connectivity index (χ0v) is 9.96. The minimum Gasteiger partial charge on any atom is -0.394 e. The summed E-state index contributed by atoms with van der Waals surface area (Å²) in [4.78, 5) is 0. The van der Waals surface area contributed by atoms with E-state index in [1.54, 1.807) is 0 Å². The Bertz CT molecular complexity index is 284. The van der Waals surface area contributed by atoms with Gasteiger partial charge in [-0.05, 0) is 36.6 Å². The van der Waals surface area contributed by atoms with E-state index in [4.69, 9.17) is 11.6 Å². The minimum atomic E-state index is 0.117. The largest absolute Gasteiger partial charge is 0.394 e. The average Bonchev–Trinajstić information content (AvgIpc) is 2.19. The van der Waals surface area contributed by atoms with E-state index >= 15 is 0 Å². The van der Waals surface area contributed by atoms with Crippen molar-refractivity contribution in [2.75, 3.05) is 11.9 Å². The van der Waals surface area contributed by atoms with Crippen molar-refractivity contribution in [1.82, 2.24) is 0 Å². The fourth-order valence-electron chi connectivity index (χ4n) is 1.53. The van der Waals surface area contributed by atoms with Crippen LogP contribution in [0.1, 0.15) is 20.3 Å². The summed E-state index contributed by atoms with van der Waals surface area (Å²) in [5.41, 5.74) is 0.999. The summed E-state index contributed by atoms with van der Waals surface area (Å²) in [6.45, 7) is 4.44. The van der Waals surface area contributed by atoms with E-state index in [1.165, 1.54) is 0 Å². The quantitative estimate of drug-likeness (QED) is 0.810. The first-order chi connectivity index (χ1) is 7.11. The molecule has 0 amide bonds. The molecule has 2 N–H and O–H groups in total. The number of anilines is 1. The highest BCUT2D eigenvalue weighted by atomic mass is 35.5. The van der Waals surface area contributed by atoms with Crippen molar-refractivity contribution in [2.45, 2.75) is 26.3 Å². The highest BCUT2D eigenvalue weighted by molar-refractivity contribution is 6.30. The summed E-state index contributed by atoms with van der Waals surface area (Å²) in [5, 5.41) is 13.2. The van der Waals surface area contributed by atoms with Gasteiger partial charge in [-0.15, -0.1) is 0 Å². The number of rotatable bonds is 5. The van der Waals surface area contributed by atoms with E-state index in [0.29, 0.717) is 5.92 Å². The van der Waals surface area contributed by atoms with Gasteiger partial charge in [-0.1, -0.05) is 25.4 Å². The molecule has 0 fully saturated rings. The Kier molecular flexibility index (Phi) is 4.92. The zero-order valence-electron chi connectivity index (χ0n) is 9.20. The molecule has 0 saturated heterocycles. The molecule has 0 spiro atoms. The third-order valence-corrected chi connectivity index (χ3v) is 2.44. The monoisotopic (exact) mass is 227 g/mol. The first kappa shape index (κ1) is 12.3. The van der Waals surface area contributed by atoms with Gasteiger partial charge in [0.25, 0.3) is 0 Å². The Balaban J connectivity index is 2.54. The number of halogens is 1. The Morgan fingerprint density at radius 1 is 1.27 bits per heavy atom. The molecule has 0 heterocycles. The van der Waals surface area contributed by atoms with Crippen molar-refractivity contribution in [3.8, 4) is 0 Å². The molecule has 1 aromatic rings. The van der Waals surface area contributed by atoms with Gasteiger partial charge in [-0.2, -0.15) is 0 Å². The average molecular weight is 228 g/mol. The Morgan fingerprint density at radius 2 is 1.87 bits per heavy atom. The zero-order chi connectivity index (χ0) is 11.3. The molecule has 1 rings (SSSR count). The van der Waals surface area contributed by atoms with E-state index in [-0.39, 0.29) is 12.6 Å². The maximum atomic E-state index is 9.20. The topological polar surface area (TPSA) is 32.3 Å². The van der Waals surface area contributed by atoms with Crippen LogP contribution in [0.25, 0.3) is 0 Å². The van der Waals surface area contributed by atoms with E-state index in [0.717, 1.165) is 17.1 Å². The first-order valence-electron chi connectivity index (χ1n) is 5.24. The van der Waals surface area contributed by atoms with Crippen LogP contribution in [-0.4, -0.2) is 17.8 Å². The molecule has 2 nitrogen and oxygen atoms in total. The van der Waals surface area contributed by atoms with Crippen LogP contribution < -0.4 is 5.32 Å². The Morgan fingerprint density at radius 3 is 2.33 bits per heavy atom. The molecule has 0 aliphatic heterocycles. The van der Waals surface area contributed by atoms with E-state index in [2.05, 4.69) is 19.2 Å². The fraction of sp³-hybridized carbons (Fsp3) is 0.500. The van der Waals surface area contributed by atoms with Crippen molar-refractivity contribution < 1.29 is 5.11 Å². The molecule has 0 aromatic heterocycles. The van der Waals surface area contributed by atoms with Crippen LogP contribution >= 0.6 is 11.6 Å². The lowest BCUT2D eigenvalue weighted by Gasteiger charge is -2.19. The van der Waals surface area contributed by atoms with Crippen LogP contribution in [0.15, 0.2) is 24.3 Å². The predicted octanol–water partition coefficient (Wildman–Crippen LogP) is 3.16. The van der Waals surface area contributed by atoms with Gasteiger partial charge in [0.15, 0.2) is 0 Å². The smallest absolute Gasteiger partial charge is 0.0632 e. The summed E-state index contributed by atoms with van der Waals surface area (Å²) in [6, 6.07) is 7.64. The van der Waals surface area contributed by atoms with Gasteiger partial charge in [0.1, 0.15) is 0 Å². The summed E-state index contributed by atoms with van der Waals surface area (Å²) >= 11 is 5.79. The van der Waals surface area contributed by atoms with Gasteiger partial charge < -0.3 is 10.4 Å². The number of aliphatic hydroxyl groups is 1. The molecule has 0 radical (unpaired) electrons. The van der Waals surface area contributed by atoms with Gasteiger partial charge in [0.05, 0.1) is 6.61 Å². The summed E-state index contributed by atoms with van der Waals surface area (Å²) in [7, 11) is 0. The lowest BCUT2D eigenvalue weighted by molar-refractivity contribution is 0.259. The molecule has 0 aliphatic rings. The molecule has 3 heteroatoms. The van der Waals surface area contributed by atoms with E-state index < -0.39 is 0 Å². The normalized spacial score (nSPS) is 12.9. The standard InChI is InChI=1S/C12H18ClNO/c1-9(2)7-12(8-15)14-11-5-3-10(13)4-6-11/h3-6,9,12,14-15H,7-8H2,1-2H3. The third-order valence-electron chi connectivity index (χ3n) is 2.19. The Labute approximate surface area is 96.3 Å². The van der Waals surface area contributed by atoms with E-state index in [1.807, 2.05) is 24.3 Å². The summed E-state index contributed by atoms with van der Waals surface area (Å²) < 4.78 is 0. The van der Waals surface area contributed by atoms with Crippen LogP contribution in [0.3, 0.4) is 0 Å². The number of hydrogen-bond donors (Lipinski definition) is 2. The number of benzene rings is 1. The van der Waals surface area contributed by atoms with Crippen molar-refractivity contribution in [3.63, 3.8) is 0 Å². The van der Waals surface area contributed by atoms with Gasteiger partial charge in [-0.3, -0.25) is 0 Å². The molecular formula is C12H18ClNO. The van der Waals surface area contributed by atoms with Gasteiger partial charge in [-0.25, -0.2) is 0 Å².